The number of nitrogens with zero attached hydrogens (tertiary/aromatic N) is 3. The number of para-hydroxylation sites is 1. The van der Waals surface area contributed by atoms with Crippen molar-refractivity contribution in [3.63, 3.8) is 0 Å². The minimum Gasteiger partial charge on any atom is -0.312 e. The lowest BCUT2D eigenvalue weighted by Crippen LogP contribution is -2.36. The lowest BCUT2D eigenvalue weighted by atomic mass is 10.2. The summed E-state index contributed by atoms with van der Waals surface area (Å²) in [5.41, 5.74) is 2.14. The van der Waals surface area contributed by atoms with Gasteiger partial charge in [0.1, 0.15) is 15.7 Å². The van der Waals surface area contributed by atoms with Crippen LogP contribution in [0.5, 0.6) is 0 Å². The fourth-order valence-corrected chi connectivity index (χ4v) is 5.17. The van der Waals surface area contributed by atoms with E-state index in [-0.39, 0.29) is 11.2 Å². The van der Waals surface area contributed by atoms with E-state index in [4.69, 9.17) is 0 Å². The first kappa shape index (κ1) is 18.9. The fourth-order valence-electron chi connectivity index (χ4n) is 2.91. The molecule has 0 aliphatic rings. The molecule has 2 heterocycles. The lowest BCUT2D eigenvalue weighted by Gasteiger charge is -2.24. The Kier molecular flexibility index (Phi) is 5.63. The van der Waals surface area contributed by atoms with Crippen LogP contribution >= 0.6 is 23.1 Å². The van der Waals surface area contributed by atoms with Gasteiger partial charge in [-0.3, -0.25) is 4.79 Å². The van der Waals surface area contributed by atoms with Crippen molar-refractivity contribution in [1.82, 2.24) is 9.97 Å². The second-order valence-corrected chi connectivity index (χ2v) is 8.75. The highest BCUT2D eigenvalue weighted by Crippen LogP contribution is 2.37. The maximum atomic E-state index is 13.1. The van der Waals surface area contributed by atoms with Gasteiger partial charge in [-0.05, 0) is 52.3 Å². The molecule has 1 aromatic carbocycles. The maximum absolute atomic E-state index is 13.1. The summed E-state index contributed by atoms with van der Waals surface area (Å²) >= 11 is 3.22. The van der Waals surface area contributed by atoms with E-state index in [0.29, 0.717) is 6.54 Å². The van der Waals surface area contributed by atoms with E-state index in [2.05, 4.69) is 23.8 Å². The number of carbonyl (C=O) groups excluding carboxylic acids is 1. The standard InChI is InChI=1S/C20H23N3OS2/c1-6-23(16-10-8-7-9-11-16)20(24)14(4)26-19-17-12(2)13(3)25-18(17)21-15(5)22-19/h7-11,14H,6H2,1-5H3. The molecule has 0 aliphatic heterocycles. The van der Waals surface area contributed by atoms with Crippen molar-refractivity contribution in [2.24, 2.45) is 0 Å². The Labute approximate surface area is 162 Å². The van der Waals surface area contributed by atoms with Crippen LogP contribution in [0.15, 0.2) is 35.4 Å². The summed E-state index contributed by atoms with van der Waals surface area (Å²) in [6.45, 7) is 10.7. The molecule has 0 N–H and O–H groups in total. The van der Waals surface area contributed by atoms with Crippen LogP contribution in [0.1, 0.15) is 30.1 Å². The molecule has 0 saturated heterocycles. The molecule has 1 amide bonds. The van der Waals surface area contributed by atoms with Gasteiger partial charge in [0.15, 0.2) is 0 Å². The van der Waals surface area contributed by atoms with E-state index < -0.39 is 0 Å². The van der Waals surface area contributed by atoms with Gasteiger partial charge in [0.05, 0.1) is 5.25 Å². The maximum Gasteiger partial charge on any atom is 0.240 e. The van der Waals surface area contributed by atoms with E-state index >= 15 is 0 Å². The average Bonchev–Trinajstić information content (AvgIpc) is 2.90. The number of thiophene rings is 1. The number of rotatable bonds is 5. The average molecular weight is 386 g/mol. The van der Waals surface area contributed by atoms with E-state index in [0.717, 1.165) is 26.8 Å². The third-order valence-corrected chi connectivity index (χ3v) is 6.57. The summed E-state index contributed by atoms with van der Waals surface area (Å²) in [5.74, 6) is 0.842. The van der Waals surface area contributed by atoms with Gasteiger partial charge in [-0.1, -0.05) is 30.0 Å². The molecule has 0 bridgehead atoms. The molecule has 1 unspecified atom stereocenters. The molecule has 0 saturated carbocycles. The van der Waals surface area contributed by atoms with Gasteiger partial charge >= 0.3 is 0 Å². The number of amides is 1. The topological polar surface area (TPSA) is 46.1 Å². The van der Waals surface area contributed by atoms with Crippen molar-refractivity contribution in [3.05, 3.63) is 46.6 Å². The Bertz CT molecular complexity index is 937. The van der Waals surface area contributed by atoms with Gasteiger partial charge in [-0.2, -0.15) is 0 Å². The molecule has 3 aromatic rings. The fraction of sp³-hybridized carbons (Fsp3) is 0.350. The van der Waals surface area contributed by atoms with Gasteiger partial charge in [-0.15, -0.1) is 11.3 Å². The number of anilines is 1. The van der Waals surface area contributed by atoms with E-state index in [1.807, 2.05) is 56.0 Å². The molecular formula is C20H23N3OS2. The predicted molar refractivity (Wildman–Crippen MR) is 111 cm³/mol. The highest BCUT2D eigenvalue weighted by molar-refractivity contribution is 8.00. The molecule has 6 heteroatoms. The number of aryl methyl sites for hydroxylation is 3. The molecule has 4 nitrogen and oxygen atoms in total. The number of hydrogen-bond acceptors (Lipinski definition) is 5. The molecule has 1 atom stereocenters. The van der Waals surface area contributed by atoms with Crippen molar-refractivity contribution in [3.8, 4) is 0 Å². The highest BCUT2D eigenvalue weighted by atomic mass is 32.2. The number of benzene rings is 1. The van der Waals surface area contributed by atoms with Crippen molar-refractivity contribution >= 4 is 44.9 Å². The first-order chi connectivity index (χ1) is 12.4. The molecular weight excluding hydrogens is 362 g/mol. The van der Waals surface area contributed by atoms with Crippen LogP contribution in [0.25, 0.3) is 10.2 Å². The second kappa shape index (κ2) is 7.76. The number of carbonyl (C=O) groups is 1. The van der Waals surface area contributed by atoms with Crippen LogP contribution in [-0.2, 0) is 4.79 Å². The minimum absolute atomic E-state index is 0.0951. The van der Waals surface area contributed by atoms with Crippen LogP contribution in [0, 0.1) is 20.8 Å². The van der Waals surface area contributed by atoms with Gasteiger partial charge in [-0.25, -0.2) is 9.97 Å². The van der Waals surface area contributed by atoms with Crippen LogP contribution in [0.3, 0.4) is 0 Å². The molecule has 2 aromatic heterocycles. The Morgan fingerprint density at radius 2 is 1.88 bits per heavy atom. The van der Waals surface area contributed by atoms with E-state index in [1.165, 1.54) is 22.2 Å². The van der Waals surface area contributed by atoms with E-state index in [1.54, 1.807) is 11.3 Å². The first-order valence-corrected chi connectivity index (χ1v) is 10.4. The Morgan fingerprint density at radius 1 is 1.19 bits per heavy atom. The number of hydrogen-bond donors (Lipinski definition) is 0. The molecule has 136 valence electrons. The summed E-state index contributed by atoms with van der Waals surface area (Å²) in [7, 11) is 0. The zero-order valence-electron chi connectivity index (χ0n) is 15.7. The summed E-state index contributed by atoms with van der Waals surface area (Å²) in [6.07, 6.45) is 0. The Morgan fingerprint density at radius 3 is 2.54 bits per heavy atom. The Balaban J connectivity index is 1.91. The molecule has 0 aliphatic carbocycles. The number of thioether (sulfide) groups is 1. The predicted octanol–water partition coefficient (Wildman–Crippen LogP) is 5.15. The molecule has 26 heavy (non-hydrogen) atoms. The molecule has 0 fully saturated rings. The SMILES string of the molecule is CCN(C(=O)C(C)Sc1nc(C)nc2sc(C)c(C)c12)c1ccccc1. The second-order valence-electron chi connectivity index (χ2n) is 6.22. The summed E-state index contributed by atoms with van der Waals surface area (Å²) in [4.78, 5) is 26.3. The number of aromatic nitrogens is 2. The van der Waals surface area contributed by atoms with Crippen LogP contribution in [-0.4, -0.2) is 27.7 Å². The van der Waals surface area contributed by atoms with Crippen LogP contribution in [0.2, 0.25) is 0 Å². The third-order valence-electron chi connectivity index (χ3n) is 4.39. The van der Waals surface area contributed by atoms with Crippen molar-refractivity contribution < 1.29 is 4.79 Å². The first-order valence-electron chi connectivity index (χ1n) is 8.69. The van der Waals surface area contributed by atoms with Gasteiger partial charge in [0.25, 0.3) is 0 Å². The molecule has 0 radical (unpaired) electrons. The minimum atomic E-state index is -0.229. The van der Waals surface area contributed by atoms with Crippen LogP contribution in [0.4, 0.5) is 5.69 Å². The monoisotopic (exact) mass is 385 g/mol. The highest BCUT2D eigenvalue weighted by Gasteiger charge is 2.24. The molecule has 0 spiro atoms. The van der Waals surface area contributed by atoms with Crippen molar-refractivity contribution in [2.45, 2.75) is 44.9 Å². The summed E-state index contributed by atoms with van der Waals surface area (Å²) in [5, 5.41) is 1.76. The third kappa shape index (κ3) is 3.62. The summed E-state index contributed by atoms with van der Waals surface area (Å²) in [6, 6.07) is 9.81. The smallest absolute Gasteiger partial charge is 0.240 e. The zero-order valence-corrected chi connectivity index (χ0v) is 17.4. The van der Waals surface area contributed by atoms with Crippen molar-refractivity contribution in [1.29, 1.82) is 0 Å². The molecule has 3 rings (SSSR count). The lowest BCUT2D eigenvalue weighted by molar-refractivity contribution is -0.117. The number of fused-ring (bicyclic) bond motifs is 1. The Hall–Kier alpha value is -1.92. The van der Waals surface area contributed by atoms with Gasteiger partial charge in [0.2, 0.25) is 5.91 Å². The van der Waals surface area contributed by atoms with E-state index in [9.17, 15) is 4.79 Å². The van der Waals surface area contributed by atoms with Gasteiger partial charge in [0, 0.05) is 22.5 Å². The largest absolute Gasteiger partial charge is 0.312 e. The summed E-state index contributed by atoms with van der Waals surface area (Å²) < 4.78 is 0. The van der Waals surface area contributed by atoms with Gasteiger partial charge < -0.3 is 4.90 Å². The quantitative estimate of drug-likeness (QED) is 0.450. The normalized spacial score (nSPS) is 12.3. The van der Waals surface area contributed by atoms with Crippen molar-refractivity contribution in [2.75, 3.05) is 11.4 Å². The van der Waals surface area contributed by atoms with Crippen LogP contribution < -0.4 is 4.90 Å². The zero-order chi connectivity index (χ0) is 18.8.